The van der Waals surface area contributed by atoms with Crippen LogP contribution in [0.2, 0.25) is 0 Å². The largest absolute Gasteiger partial charge is 0.388 e. The predicted molar refractivity (Wildman–Crippen MR) is 98.5 cm³/mol. The Labute approximate surface area is 151 Å². The number of nitriles is 1. The Morgan fingerprint density at radius 3 is 2.28 bits per heavy atom. The van der Waals surface area contributed by atoms with Crippen LogP contribution in [0, 0.1) is 34.5 Å². The zero-order valence-corrected chi connectivity index (χ0v) is 15.8. The minimum atomic E-state index is -0.233. The van der Waals surface area contributed by atoms with Crippen LogP contribution < -0.4 is 10.6 Å². The maximum absolute atomic E-state index is 12.6. The molecule has 0 radical (unpaired) electrons. The van der Waals surface area contributed by atoms with Gasteiger partial charge in [-0.05, 0) is 82.7 Å². The minimum absolute atomic E-state index is 0.145. The van der Waals surface area contributed by atoms with E-state index in [1.165, 1.54) is 38.5 Å². The van der Waals surface area contributed by atoms with E-state index in [1.54, 1.807) is 6.20 Å². The van der Waals surface area contributed by atoms with Crippen molar-refractivity contribution >= 4 is 5.91 Å². The van der Waals surface area contributed by atoms with Crippen LogP contribution in [0.5, 0.6) is 0 Å². The molecular formula is C20H32N4O. The van der Waals surface area contributed by atoms with Gasteiger partial charge in [0.05, 0.1) is 0 Å². The van der Waals surface area contributed by atoms with Crippen molar-refractivity contribution in [3.8, 4) is 6.07 Å². The van der Waals surface area contributed by atoms with E-state index in [4.69, 9.17) is 0 Å². The van der Waals surface area contributed by atoms with Gasteiger partial charge in [-0.3, -0.25) is 4.79 Å². The van der Waals surface area contributed by atoms with Crippen molar-refractivity contribution in [2.24, 2.45) is 23.2 Å². The summed E-state index contributed by atoms with van der Waals surface area (Å²) >= 11 is 0. The van der Waals surface area contributed by atoms with Crippen LogP contribution in [0.4, 0.5) is 0 Å². The van der Waals surface area contributed by atoms with E-state index < -0.39 is 0 Å². The number of hydrogen-bond acceptors (Lipinski definition) is 4. The zero-order chi connectivity index (χ0) is 18.0. The molecule has 138 valence electrons. The molecule has 0 aromatic heterocycles. The summed E-state index contributed by atoms with van der Waals surface area (Å²) in [6.45, 7) is 3.73. The van der Waals surface area contributed by atoms with Gasteiger partial charge >= 0.3 is 0 Å². The highest BCUT2D eigenvalue weighted by atomic mass is 16.1. The SMILES string of the molecule is CC(NC(=O)/C(C#N)=C\NCCN(C)C)C12CC3CC(CC(C3)C1)C2. The molecule has 0 aromatic rings. The Morgan fingerprint density at radius 1 is 1.24 bits per heavy atom. The molecule has 4 aliphatic carbocycles. The van der Waals surface area contributed by atoms with Gasteiger partial charge in [0.2, 0.25) is 0 Å². The van der Waals surface area contributed by atoms with Gasteiger partial charge in [-0.1, -0.05) is 0 Å². The number of carbonyl (C=O) groups excluding carboxylic acids is 1. The lowest BCUT2D eigenvalue weighted by molar-refractivity contribution is -0.122. The fourth-order valence-electron chi connectivity index (χ4n) is 5.75. The molecule has 0 spiro atoms. The molecule has 0 saturated heterocycles. The van der Waals surface area contributed by atoms with E-state index >= 15 is 0 Å². The zero-order valence-electron chi connectivity index (χ0n) is 15.8. The molecule has 4 aliphatic rings. The van der Waals surface area contributed by atoms with Crippen molar-refractivity contribution in [2.75, 3.05) is 27.2 Å². The first-order valence-electron chi connectivity index (χ1n) is 9.71. The third kappa shape index (κ3) is 4.00. The van der Waals surface area contributed by atoms with Crippen LogP contribution >= 0.6 is 0 Å². The molecule has 4 saturated carbocycles. The monoisotopic (exact) mass is 344 g/mol. The Kier molecular flexibility index (Phi) is 5.38. The first kappa shape index (κ1) is 18.3. The summed E-state index contributed by atoms with van der Waals surface area (Å²) in [5, 5.41) is 15.6. The molecule has 1 atom stereocenters. The summed E-state index contributed by atoms with van der Waals surface area (Å²) in [6, 6.07) is 2.19. The van der Waals surface area contributed by atoms with Crippen molar-refractivity contribution in [2.45, 2.75) is 51.5 Å². The second-order valence-corrected chi connectivity index (χ2v) is 8.90. The van der Waals surface area contributed by atoms with Gasteiger partial charge in [0.15, 0.2) is 0 Å². The maximum atomic E-state index is 12.6. The molecule has 2 N–H and O–H groups in total. The van der Waals surface area contributed by atoms with Crippen molar-refractivity contribution < 1.29 is 4.79 Å². The standard InChI is InChI=1S/C20H32N4O/c1-14(20-9-15-6-16(10-20)8-17(7-15)11-20)23-19(25)18(12-21)13-22-4-5-24(2)3/h13-17,22H,4-11H2,1-3H3,(H,23,25)/b18-13-. The molecule has 1 unspecified atom stereocenters. The summed E-state index contributed by atoms with van der Waals surface area (Å²) in [6.07, 6.45) is 9.54. The molecule has 4 rings (SSSR count). The molecule has 5 nitrogen and oxygen atoms in total. The summed E-state index contributed by atoms with van der Waals surface area (Å²) in [5.74, 6) is 2.36. The van der Waals surface area contributed by atoms with Crippen LogP contribution in [0.25, 0.3) is 0 Å². The van der Waals surface area contributed by atoms with Gasteiger partial charge in [0.1, 0.15) is 11.6 Å². The predicted octanol–water partition coefficient (Wildman–Crippen LogP) is 2.27. The second-order valence-electron chi connectivity index (χ2n) is 8.90. The molecule has 0 aromatic carbocycles. The quantitative estimate of drug-likeness (QED) is 0.422. The van der Waals surface area contributed by atoms with Crippen LogP contribution in [-0.2, 0) is 4.79 Å². The van der Waals surface area contributed by atoms with Crippen LogP contribution in [0.15, 0.2) is 11.8 Å². The highest BCUT2D eigenvalue weighted by molar-refractivity contribution is 5.97. The van der Waals surface area contributed by atoms with E-state index in [-0.39, 0.29) is 22.9 Å². The molecule has 4 fully saturated rings. The molecule has 5 heteroatoms. The molecule has 0 aliphatic heterocycles. The van der Waals surface area contributed by atoms with Crippen molar-refractivity contribution in [1.82, 2.24) is 15.5 Å². The number of carbonyl (C=O) groups is 1. The third-order valence-corrected chi connectivity index (χ3v) is 6.67. The first-order valence-corrected chi connectivity index (χ1v) is 9.71. The highest BCUT2D eigenvalue weighted by Gasteiger charge is 2.53. The second kappa shape index (κ2) is 7.37. The van der Waals surface area contributed by atoms with E-state index in [9.17, 15) is 10.1 Å². The number of nitrogens with one attached hydrogen (secondary N) is 2. The van der Waals surface area contributed by atoms with Gasteiger partial charge < -0.3 is 15.5 Å². The summed E-state index contributed by atoms with van der Waals surface area (Å²) in [4.78, 5) is 14.6. The van der Waals surface area contributed by atoms with Gasteiger partial charge in [-0.2, -0.15) is 5.26 Å². The number of nitrogens with zero attached hydrogens (tertiary/aromatic N) is 2. The van der Waals surface area contributed by atoms with Crippen LogP contribution in [0.3, 0.4) is 0 Å². The van der Waals surface area contributed by atoms with Crippen molar-refractivity contribution in [3.05, 3.63) is 11.8 Å². The molecule has 4 bridgehead atoms. The molecular weight excluding hydrogens is 312 g/mol. The van der Waals surface area contributed by atoms with Crippen LogP contribution in [0.1, 0.15) is 45.4 Å². The fraction of sp³-hybridized carbons (Fsp3) is 0.800. The van der Waals surface area contributed by atoms with E-state index in [1.807, 2.05) is 20.2 Å². The number of hydrogen-bond donors (Lipinski definition) is 2. The van der Waals surface area contributed by atoms with Crippen molar-refractivity contribution in [1.29, 1.82) is 5.26 Å². The highest BCUT2D eigenvalue weighted by Crippen LogP contribution is 2.61. The fourth-order valence-corrected chi connectivity index (χ4v) is 5.75. The van der Waals surface area contributed by atoms with E-state index in [0.29, 0.717) is 0 Å². The van der Waals surface area contributed by atoms with E-state index in [2.05, 4.69) is 22.5 Å². The van der Waals surface area contributed by atoms with Crippen LogP contribution in [-0.4, -0.2) is 44.0 Å². The number of amides is 1. The number of rotatable bonds is 7. The Morgan fingerprint density at radius 2 is 1.80 bits per heavy atom. The van der Waals surface area contributed by atoms with Gasteiger partial charge in [-0.15, -0.1) is 0 Å². The average molecular weight is 345 g/mol. The smallest absolute Gasteiger partial charge is 0.263 e. The normalized spacial score (nSPS) is 34.7. The lowest BCUT2D eigenvalue weighted by Gasteiger charge is -2.59. The first-order chi connectivity index (χ1) is 11.9. The molecule has 25 heavy (non-hydrogen) atoms. The minimum Gasteiger partial charge on any atom is -0.388 e. The average Bonchev–Trinajstić information content (AvgIpc) is 2.53. The van der Waals surface area contributed by atoms with Gasteiger partial charge in [-0.25, -0.2) is 0 Å². The van der Waals surface area contributed by atoms with E-state index in [0.717, 1.165) is 30.8 Å². The summed E-state index contributed by atoms with van der Waals surface area (Å²) in [5.41, 5.74) is 0.443. The van der Waals surface area contributed by atoms with Gasteiger partial charge in [0.25, 0.3) is 5.91 Å². The molecule has 1 amide bonds. The lowest BCUT2D eigenvalue weighted by Crippen LogP contribution is -2.56. The van der Waals surface area contributed by atoms with Crippen molar-refractivity contribution in [3.63, 3.8) is 0 Å². The third-order valence-electron chi connectivity index (χ3n) is 6.67. The van der Waals surface area contributed by atoms with Gasteiger partial charge in [0, 0.05) is 25.3 Å². The maximum Gasteiger partial charge on any atom is 0.263 e. The lowest BCUT2D eigenvalue weighted by atomic mass is 9.48. The molecule has 0 heterocycles. The Balaban J connectivity index is 1.58. The Bertz CT molecular complexity index is 539. The summed E-state index contributed by atoms with van der Waals surface area (Å²) < 4.78 is 0. The Hall–Kier alpha value is -1.54. The summed E-state index contributed by atoms with van der Waals surface area (Å²) in [7, 11) is 3.99. The number of likely N-dealkylation sites (N-methyl/N-ethyl adjacent to an activating group) is 1. The topological polar surface area (TPSA) is 68.2 Å².